The van der Waals surface area contributed by atoms with Crippen molar-refractivity contribution in [2.24, 2.45) is 0 Å². The van der Waals surface area contributed by atoms with Gasteiger partial charge in [-0.2, -0.15) is 9.49 Å². The Balaban J connectivity index is 1.43. The molecule has 0 fully saturated rings. The maximum atomic E-state index is 14.0. The molecule has 8 nitrogen and oxygen atoms in total. The molecule has 1 aliphatic heterocycles. The minimum absolute atomic E-state index is 0.218. The molecule has 0 spiro atoms. The van der Waals surface area contributed by atoms with Gasteiger partial charge in [0.05, 0.1) is 35.2 Å². The topological polar surface area (TPSA) is 81.2 Å². The Morgan fingerprint density at radius 1 is 1.18 bits per heavy atom. The maximum Gasteiger partial charge on any atom is 0.274 e. The Morgan fingerprint density at radius 2 is 2.07 bits per heavy atom. The largest absolute Gasteiger partial charge is 0.328 e. The van der Waals surface area contributed by atoms with E-state index in [2.05, 4.69) is 20.1 Å². The Kier molecular flexibility index (Phi) is 3.83. The van der Waals surface area contributed by atoms with Gasteiger partial charge in [-0.1, -0.05) is 11.6 Å². The number of imidazole rings is 1. The van der Waals surface area contributed by atoms with E-state index in [0.29, 0.717) is 47.4 Å². The molecular weight excluding hydrogens is 385 g/mol. The molecule has 0 atom stereocenters. The van der Waals surface area contributed by atoms with Crippen LogP contribution in [0.15, 0.2) is 43.0 Å². The first-order valence-electron chi connectivity index (χ1n) is 8.55. The van der Waals surface area contributed by atoms with Gasteiger partial charge < -0.3 is 9.47 Å². The molecule has 0 saturated heterocycles. The predicted octanol–water partition coefficient (Wildman–Crippen LogP) is 2.44. The highest BCUT2D eigenvalue weighted by atomic mass is 35.5. The van der Waals surface area contributed by atoms with Gasteiger partial charge in [-0.3, -0.25) is 4.79 Å². The van der Waals surface area contributed by atoms with Crippen molar-refractivity contribution in [2.45, 2.75) is 13.1 Å². The van der Waals surface area contributed by atoms with E-state index in [1.807, 2.05) is 4.57 Å². The molecule has 0 aliphatic carbocycles. The first kappa shape index (κ1) is 16.8. The van der Waals surface area contributed by atoms with Crippen LogP contribution in [0.4, 0.5) is 4.39 Å². The Hall–Kier alpha value is -3.33. The van der Waals surface area contributed by atoms with Gasteiger partial charge in [0.25, 0.3) is 5.91 Å². The van der Waals surface area contributed by atoms with Crippen molar-refractivity contribution in [2.75, 3.05) is 6.54 Å². The van der Waals surface area contributed by atoms with Crippen LogP contribution in [0.25, 0.3) is 16.9 Å². The van der Waals surface area contributed by atoms with Crippen LogP contribution in [0.2, 0.25) is 5.02 Å². The van der Waals surface area contributed by atoms with Crippen molar-refractivity contribution in [3.05, 3.63) is 65.5 Å². The van der Waals surface area contributed by atoms with E-state index >= 15 is 0 Å². The summed E-state index contributed by atoms with van der Waals surface area (Å²) < 4.78 is 17.4. The molecule has 4 aromatic heterocycles. The van der Waals surface area contributed by atoms with Gasteiger partial charge in [-0.25, -0.2) is 19.5 Å². The zero-order valence-electron chi connectivity index (χ0n) is 14.5. The Bertz CT molecular complexity index is 1220. The summed E-state index contributed by atoms with van der Waals surface area (Å²) in [5, 5.41) is 4.70. The fourth-order valence-corrected chi connectivity index (χ4v) is 3.49. The summed E-state index contributed by atoms with van der Waals surface area (Å²) in [4.78, 5) is 26.8. The van der Waals surface area contributed by atoms with Crippen LogP contribution in [0, 0.1) is 5.95 Å². The lowest BCUT2D eigenvalue weighted by Gasteiger charge is -2.28. The standard InChI is InChI=1S/C18H13ClFN7O/c19-11-7-22-15-6-13(24-27(15)9-11)18(28)25-4-5-26-14(8-23-16(26)10-25)12-2-1-3-21-17(12)20/h1-3,6-9H,4-5,10H2. The molecule has 0 radical (unpaired) electrons. The van der Waals surface area contributed by atoms with Gasteiger partial charge in [-0.15, -0.1) is 0 Å². The van der Waals surface area contributed by atoms with Crippen LogP contribution in [0.1, 0.15) is 16.3 Å². The number of rotatable bonds is 2. The monoisotopic (exact) mass is 397 g/mol. The van der Waals surface area contributed by atoms with Crippen molar-refractivity contribution < 1.29 is 9.18 Å². The minimum atomic E-state index is -0.542. The van der Waals surface area contributed by atoms with E-state index in [9.17, 15) is 9.18 Å². The van der Waals surface area contributed by atoms with Crippen LogP contribution in [0.5, 0.6) is 0 Å². The first-order valence-corrected chi connectivity index (χ1v) is 8.93. The quantitative estimate of drug-likeness (QED) is 0.485. The zero-order chi connectivity index (χ0) is 19.3. The third-order valence-electron chi connectivity index (χ3n) is 4.69. The van der Waals surface area contributed by atoms with Gasteiger partial charge in [0.2, 0.25) is 5.95 Å². The van der Waals surface area contributed by atoms with Crippen LogP contribution in [-0.4, -0.2) is 46.5 Å². The summed E-state index contributed by atoms with van der Waals surface area (Å²) in [6, 6.07) is 4.97. The van der Waals surface area contributed by atoms with Crippen molar-refractivity contribution in [3.63, 3.8) is 0 Å². The molecule has 1 aliphatic rings. The van der Waals surface area contributed by atoms with E-state index in [1.54, 1.807) is 35.5 Å². The van der Waals surface area contributed by atoms with Crippen LogP contribution in [-0.2, 0) is 13.1 Å². The summed E-state index contributed by atoms with van der Waals surface area (Å²) in [7, 11) is 0. The molecule has 0 unspecified atom stereocenters. The highest BCUT2D eigenvalue weighted by molar-refractivity contribution is 6.30. The normalized spacial score (nSPS) is 13.7. The van der Waals surface area contributed by atoms with Crippen LogP contribution < -0.4 is 0 Å². The van der Waals surface area contributed by atoms with E-state index < -0.39 is 5.95 Å². The summed E-state index contributed by atoms with van der Waals surface area (Å²) in [5.74, 6) is -0.0765. The van der Waals surface area contributed by atoms with E-state index in [-0.39, 0.29) is 11.6 Å². The number of pyridine rings is 1. The molecule has 5 heterocycles. The zero-order valence-corrected chi connectivity index (χ0v) is 15.2. The number of amides is 1. The highest BCUT2D eigenvalue weighted by Gasteiger charge is 2.27. The van der Waals surface area contributed by atoms with E-state index in [1.165, 1.54) is 16.9 Å². The fraction of sp³-hybridized carbons (Fsp3) is 0.167. The lowest BCUT2D eigenvalue weighted by atomic mass is 10.2. The SMILES string of the molecule is O=C(c1cc2ncc(Cl)cn2n1)N1CCn2c(-c3cccnc3F)cnc2C1. The molecule has 140 valence electrons. The van der Waals surface area contributed by atoms with Crippen LogP contribution >= 0.6 is 11.6 Å². The minimum Gasteiger partial charge on any atom is -0.328 e. The Labute approximate surface area is 163 Å². The molecule has 1 amide bonds. The molecule has 28 heavy (non-hydrogen) atoms. The highest BCUT2D eigenvalue weighted by Crippen LogP contribution is 2.26. The lowest BCUT2D eigenvalue weighted by molar-refractivity contribution is 0.0701. The molecule has 0 N–H and O–H groups in total. The van der Waals surface area contributed by atoms with Crippen molar-refractivity contribution >= 4 is 23.2 Å². The summed E-state index contributed by atoms with van der Waals surface area (Å²) >= 11 is 5.92. The average Bonchev–Trinajstić information content (AvgIpc) is 3.31. The summed E-state index contributed by atoms with van der Waals surface area (Å²) in [6.07, 6.45) is 6.12. The summed E-state index contributed by atoms with van der Waals surface area (Å²) in [6.45, 7) is 1.27. The number of nitrogens with zero attached hydrogens (tertiary/aromatic N) is 7. The van der Waals surface area contributed by atoms with Crippen molar-refractivity contribution in [3.8, 4) is 11.3 Å². The lowest BCUT2D eigenvalue weighted by Crippen LogP contribution is -2.38. The van der Waals surface area contributed by atoms with E-state index in [0.717, 1.165) is 0 Å². The smallest absolute Gasteiger partial charge is 0.274 e. The third-order valence-corrected chi connectivity index (χ3v) is 4.88. The third kappa shape index (κ3) is 2.71. The molecule has 5 rings (SSSR count). The van der Waals surface area contributed by atoms with Gasteiger partial charge in [0.1, 0.15) is 5.82 Å². The second kappa shape index (κ2) is 6.38. The predicted molar refractivity (Wildman–Crippen MR) is 98.2 cm³/mol. The molecule has 4 aromatic rings. The van der Waals surface area contributed by atoms with Gasteiger partial charge in [-0.05, 0) is 12.1 Å². The van der Waals surface area contributed by atoms with Crippen molar-refractivity contribution in [1.82, 2.24) is 34.0 Å². The number of hydrogen-bond acceptors (Lipinski definition) is 5. The first-order chi connectivity index (χ1) is 13.6. The van der Waals surface area contributed by atoms with Gasteiger partial charge in [0, 0.05) is 31.5 Å². The number of fused-ring (bicyclic) bond motifs is 2. The molecular formula is C18H13ClFN7O. The number of hydrogen-bond donors (Lipinski definition) is 0. The van der Waals surface area contributed by atoms with Crippen LogP contribution in [0.3, 0.4) is 0 Å². The summed E-state index contributed by atoms with van der Waals surface area (Å²) in [5.41, 5.74) is 1.87. The maximum absolute atomic E-state index is 14.0. The number of aromatic nitrogens is 6. The van der Waals surface area contributed by atoms with Gasteiger partial charge in [0.15, 0.2) is 11.3 Å². The second-order valence-corrected chi connectivity index (χ2v) is 6.82. The number of carbonyl (C=O) groups excluding carboxylic acids is 1. The van der Waals surface area contributed by atoms with E-state index in [4.69, 9.17) is 11.6 Å². The molecule has 0 aromatic carbocycles. The molecule has 0 saturated carbocycles. The van der Waals surface area contributed by atoms with Crippen molar-refractivity contribution in [1.29, 1.82) is 0 Å². The Morgan fingerprint density at radius 3 is 2.93 bits per heavy atom. The molecule has 0 bridgehead atoms. The second-order valence-electron chi connectivity index (χ2n) is 6.38. The number of carbonyl (C=O) groups is 1. The van der Waals surface area contributed by atoms with Gasteiger partial charge >= 0.3 is 0 Å². The molecule has 10 heteroatoms. The number of halogens is 2. The fourth-order valence-electron chi connectivity index (χ4n) is 3.35. The average molecular weight is 398 g/mol.